The second-order valence-corrected chi connectivity index (χ2v) is 5.65. The summed E-state index contributed by atoms with van der Waals surface area (Å²) in [5, 5.41) is 6.24. The Balaban J connectivity index is 2.36. The number of hydrogen-bond acceptors (Lipinski definition) is 4. The van der Waals surface area contributed by atoms with Crippen LogP contribution >= 0.6 is 0 Å². The minimum absolute atomic E-state index is 0.0303. The average Bonchev–Trinajstić information content (AvgIpc) is 2.30. The van der Waals surface area contributed by atoms with Gasteiger partial charge in [-0.15, -0.1) is 0 Å². The quantitative estimate of drug-likeness (QED) is 0.604. The van der Waals surface area contributed by atoms with E-state index in [4.69, 9.17) is 5.73 Å². The van der Waals surface area contributed by atoms with Crippen LogP contribution in [0.1, 0.15) is 33.6 Å². The monoisotopic (exact) mass is 270 g/mol. The number of nitrogens with two attached hydrogens (primary N) is 1. The molecule has 1 aliphatic heterocycles. The van der Waals surface area contributed by atoms with Gasteiger partial charge in [0.1, 0.15) is 0 Å². The van der Waals surface area contributed by atoms with Crippen molar-refractivity contribution in [1.29, 1.82) is 0 Å². The molecule has 1 saturated heterocycles. The van der Waals surface area contributed by atoms with E-state index >= 15 is 0 Å². The van der Waals surface area contributed by atoms with Gasteiger partial charge in [-0.05, 0) is 33.2 Å². The highest BCUT2D eigenvalue weighted by Crippen LogP contribution is 2.11. The molecule has 6 heteroatoms. The lowest BCUT2D eigenvalue weighted by molar-refractivity contribution is -0.127. The Morgan fingerprint density at radius 1 is 1.32 bits per heavy atom. The highest BCUT2D eigenvalue weighted by Gasteiger charge is 2.29. The van der Waals surface area contributed by atoms with Gasteiger partial charge in [0.2, 0.25) is 11.8 Å². The molecule has 2 amide bonds. The summed E-state index contributed by atoms with van der Waals surface area (Å²) in [6.45, 7) is 8.42. The molecule has 1 aliphatic rings. The predicted molar refractivity (Wildman–Crippen MR) is 74.6 cm³/mol. The van der Waals surface area contributed by atoms with E-state index in [0.29, 0.717) is 6.54 Å². The summed E-state index contributed by atoms with van der Waals surface area (Å²) in [5.74, 6) is -0.265. The van der Waals surface area contributed by atoms with Crippen LogP contribution in [0.2, 0.25) is 0 Å². The van der Waals surface area contributed by atoms with Crippen LogP contribution < -0.4 is 16.4 Å². The molecule has 0 aliphatic carbocycles. The lowest BCUT2D eigenvalue weighted by atomic mass is 10.0. The number of amides is 2. The van der Waals surface area contributed by atoms with Crippen molar-refractivity contribution < 1.29 is 9.59 Å². The van der Waals surface area contributed by atoms with Crippen LogP contribution in [0.15, 0.2) is 0 Å². The maximum absolute atomic E-state index is 12.1. The molecule has 0 aromatic heterocycles. The Kier molecular flexibility index (Phi) is 5.75. The van der Waals surface area contributed by atoms with Crippen molar-refractivity contribution in [2.75, 3.05) is 26.2 Å². The molecule has 1 fully saturated rings. The van der Waals surface area contributed by atoms with Gasteiger partial charge in [-0.25, -0.2) is 0 Å². The van der Waals surface area contributed by atoms with Crippen molar-refractivity contribution in [3.63, 3.8) is 0 Å². The van der Waals surface area contributed by atoms with Crippen molar-refractivity contribution in [3.8, 4) is 0 Å². The van der Waals surface area contributed by atoms with E-state index in [9.17, 15) is 9.59 Å². The topological polar surface area (TPSA) is 87.5 Å². The molecule has 19 heavy (non-hydrogen) atoms. The minimum atomic E-state index is -0.543. The number of piperidine rings is 1. The third-order valence-electron chi connectivity index (χ3n) is 3.49. The number of primary amides is 1. The number of nitrogens with one attached hydrogen (secondary N) is 2. The lowest BCUT2D eigenvalue weighted by Gasteiger charge is -2.34. The van der Waals surface area contributed by atoms with E-state index in [0.717, 1.165) is 32.5 Å². The number of rotatable bonds is 6. The first-order chi connectivity index (χ1) is 8.85. The normalized spacial score (nSPS) is 18.3. The fourth-order valence-electron chi connectivity index (χ4n) is 2.34. The standard InChI is InChI=1S/C13H26N4O2/c1-4-15-13(2,3)12(19)16-10-5-7-17(8-6-10)9-11(14)18/h10,15H,4-9H2,1-3H3,(H2,14,18)(H,16,19). The molecule has 0 saturated carbocycles. The third kappa shape index (κ3) is 5.16. The molecule has 0 aromatic rings. The molecule has 4 N–H and O–H groups in total. The van der Waals surface area contributed by atoms with Crippen LogP contribution in [0.4, 0.5) is 0 Å². The van der Waals surface area contributed by atoms with Crippen LogP contribution in [0, 0.1) is 0 Å². The van der Waals surface area contributed by atoms with Crippen LogP contribution in [0.25, 0.3) is 0 Å². The molecule has 0 unspecified atom stereocenters. The summed E-state index contributed by atoms with van der Waals surface area (Å²) in [6, 6.07) is 0.189. The van der Waals surface area contributed by atoms with Gasteiger partial charge in [-0.2, -0.15) is 0 Å². The van der Waals surface area contributed by atoms with Crippen LogP contribution in [-0.2, 0) is 9.59 Å². The molecule has 6 nitrogen and oxygen atoms in total. The minimum Gasteiger partial charge on any atom is -0.369 e. The SMILES string of the molecule is CCNC(C)(C)C(=O)NC1CCN(CC(N)=O)CC1. The van der Waals surface area contributed by atoms with Gasteiger partial charge in [0.15, 0.2) is 0 Å². The third-order valence-corrected chi connectivity index (χ3v) is 3.49. The highest BCUT2D eigenvalue weighted by atomic mass is 16.2. The number of likely N-dealkylation sites (N-methyl/N-ethyl adjacent to an activating group) is 1. The zero-order valence-electron chi connectivity index (χ0n) is 12.2. The van der Waals surface area contributed by atoms with E-state index in [1.54, 1.807) is 0 Å². The Morgan fingerprint density at radius 2 is 1.89 bits per heavy atom. The smallest absolute Gasteiger partial charge is 0.239 e. The maximum Gasteiger partial charge on any atom is 0.239 e. The Morgan fingerprint density at radius 3 is 2.37 bits per heavy atom. The predicted octanol–water partition coefficient (Wildman–Crippen LogP) is -0.560. The van der Waals surface area contributed by atoms with Crippen molar-refractivity contribution in [2.24, 2.45) is 5.73 Å². The molecule has 0 aromatic carbocycles. The zero-order valence-corrected chi connectivity index (χ0v) is 12.2. The number of carbonyl (C=O) groups excluding carboxylic acids is 2. The van der Waals surface area contributed by atoms with Gasteiger partial charge < -0.3 is 16.4 Å². The van der Waals surface area contributed by atoms with E-state index in [1.807, 2.05) is 25.7 Å². The van der Waals surface area contributed by atoms with E-state index in [-0.39, 0.29) is 17.9 Å². The van der Waals surface area contributed by atoms with Crippen molar-refractivity contribution in [3.05, 3.63) is 0 Å². The van der Waals surface area contributed by atoms with Gasteiger partial charge in [-0.3, -0.25) is 14.5 Å². The molecular formula is C13H26N4O2. The molecule has 110 valence electrons. The summed E-state index contributed by atoms with van der Waals surface area (Å²) >= 11 is 0. The van der Waals surface area contributed by atoms with E-state index in [1.165, 1.54) is 0 Å². The number of likely N-dealkylation sites (tertiary alicyclic amines) is 1. The maximum atomic E-state index is 12.1. The molecule has 0 bridgehead atoms. The summed E-state index contributed by atoms with van der Waals surface area (Å²) in [4.78, 5) is 25.0. The van der Waals surface area contributed by atoms with Crippen LogP contribution in [0.5, 0.6) is 0 Å². The van der Waals surface area contributed by atoms with E-state index < -0.39 is 5.54 Å². The second-order valence-electron chi connectivity index (χ2n) is 5.65. The summed E-state index contributed by atoms with van der Waals surface area (Å²) < 4.78 is 0. The summed E-state index contributed by atoms with van der Waals surface area (Å²) in [6.07, 6.45) is 1.72. The van der Waals surface area contributed by atoms with Gasteiger partial charge >= 0.3 is 0 Å². The van der Waals surface area contributed by atoms with Gasteiger partial charge in [0.05, 0.1) is 12.1 Å². The Bertz CT molecular complexity index is 323. The fraction of sp³-hybridized carbons (Fsp3) is 0.846. The van der Waals surface area contributed by atoms with Gasteiger partial charge in [0.25, 0.3) is 0 Å². The molecule has 0 atom stereocenters. The molecule has 1 rings (SSSR count). The molecule has 0 spiro atoms. The molecule has 1 heterocycles. The second kappa shape index (κ2) is 6.86. The van der Waals surface area contributed by atoms with Crippen molar-refractivity contribution in [2.45, 2.75) is 45.2 Å². The first-order valence-corrected chi connectivity index (χ1v) is 6.91. The molecular weight excluding hydrogens is 244 g/mol. The average molecular weight is 270 g/mol. The van der Waals surface area contributed by atoms with Crippen molar-refractivity contribution in [1.82, 2.24) is 15.5 Å². The largest absolute Gasteiger partial charge is 0.369 e. The summed E-state index contributed by atoms with van der Waals surface area (Å²) in [7, 11) is 0. The lowest BCUT2D eigenvalue weighted by Crippen LogP contribution is -2.56. The first kappa shape index (κ1) is 15.9. The van der Waals surface area contributed by atoms with Gasteiger partial charge in [0, 0.05) is 19.1 Å². The van der Waals surface area contributed by atoms with Crippen molar-refractivity contribution >= 4 is 11.8 Å². The Labute approximate surface area is 115 Å². The van der Waals surface area contributed by atoms with Crippen LogP contribution in [0.3, 0.4) is 0 Å². The number of carbonyl (C=O) groups is 2. The first-order valence-electron chi connectivity index (χ1n) is 6.91. The number of hydrogen-bond donors (Lipinski definition) is 3. The van der Waals surface area contributed by atoms with Crippen LogP contribution in [-0.4, -0.2) is 54.5 Å². The fourth-order valence-corrected chi connectivity index (χ4v) is 2.34. The Hall–Kier alpha value is -1.14. The number of nitrogens with zero attached hydrogens (tertiary/aromatic N) is 1. The zero-order chi connectivity index (χ0) is 14.5. The van der Waals surface area contributed by atoms with E-state index in [2.05, 4.69) is 10.6 Å². The molecule has 0 radical (unpaired) electrons. The summed E-state index contributed by atoms with van der Waals surface area (Å²) in [5.41, 5.74) is 4.63. The van der Waals surface area contributed by atoms with Gasteiger partial charge in [-0.1, -0.05) is 6.92 Å². The highest BCUT2D eigenvalue weighted by molar-refractivity contribution is 5.85.